The zero-order valence-corrected chi connectivity index (χ0v) is 8.56. The summed E-state index contributed by atoms with van der Waals surface area (Å²) in [5.74, 6) is 1.29. The van der Waals surface area contributed by atoms with Crippen LogP contribution in [0.2, 0.25) is 0 Å². The molecule has 76 valence electrons. The fraction of sp³-hybridized carbons (Fsp3) is 0.417. The van der Waals surface area contributed by atoms with Gasteiger partial charge in [0.2, 0.25) is 0 Å². The number of nitrogens with zero attached hydrogens (tertiary/aromatic N) is 3. The molecule has 0 unspecified atom stereocenters. The summed E-state index contributed by atoms with van der Waals surface area (Å²) in [5, 5.41) is 0. The highest BCUT2D eigenvalue weighted by molar-refractivity contribution is 5.76. The molecule has 1 aromatic heterocycles. The Balaban J connectivity index is 1.99. The van der Waals surface area contributed by atoms with Gasteiger partial charge in [-0.1, -0.05) is 12.1 Å². The number of benzene rings is 1. The molecule has 3 heterocycles. The lowest BCUT2D eigenvalue weighted by atomic mass is 10.2. The first kappa shape index (κ1) is 7.88. The highest BCUT2D eigenvalue weighted by atomic mass is 15.4. The molecule has 0 bridgehead atoms. The van der Waals surface area contributed by atoms with E-state index in [0.29, 0.717) is 6.04 Å². The minimum absolute atomic E-state index is 0.595. The van der Waals surface area contributed by atoms with Gasteiger partial charge in [0.25, 0.3) is 0 Å². The minimum Gasteiger partial charge on any atom is -0.313 e. The molecule has 0 N–H and O–H groups in total. The molecule has 0 aliphatic carbocycles. The molecule has 0 spiro atoms. The van der Waals surface area contributed by atoms with E-state index in [1.165, 1.54) is 30.7 Å². The Kier molecular flexibility index (Phi) is 1.37. The maximum Gasteiger partial charge on any atom is 0.128 e. The van der Waals surface area contributed by atoms with Crippen LogP contribution in [0.15, 0.2) is 24.3 Å². The summed E-state index contributed by atoms with van der Waals surface area (Å²) in [4.78, 5) is 7.29. The Hall–Kier alpha value is -1.35. The number of hydrogen-bond acceptors (Lipinski definition) is 2. The van der Waals surface area contributed by atoms with Gasteiger partial charge in [0.15, 0.2) is 0 Å². The zero-order valence-electron chi connectivity index (χ0n) is 8.56. The standard InChI is InChI=1S/C12H13N3/c1-2-5-10-9(4-1)13-12-11-6-3-7-14(11)8-15(10)12/h1-2,4-5,11H,3,6-8H2/t11-/m0/s1. The summed E-state index contributed by atoms with van der Waals surface area (Å²) in [6.45, 7) is 2.28. The second-order valence-corrected chi connectivity index (χ2v) is 4.50. The van der Waals surface area contributed by atoms with Crippen molar-refractivity contribution in [1.29, 1.82) is 0 Å². The van der Waals surface area contributed by atoms with Crippen LogP contribution in [0.3, 0.4) is 0 Å². The van der Waals surface area contributed by atoms with Crippen LogP contribution in [0.25, 0.3) is 11.0 Å². The Morgan fingerprint density at radius 3 is 3.20 bits per heavy atom. The van der Waals surface area contributed by atoms with Crippen molar-refractivity contribution in [2.45, 2.75) is 25.6 Å². The molecule has 3 nitrogen and oxygen atoms in total. The van der Waals surface area contributed by atoms with E-state index in [1.807, 2.05) is 0 Å². The van der Waals surface area contributed by atoms with Crippen molar-refractivity contribution in [3.63, 3.8) is 0 Å². The zero-order chi connectivity index (χ0) is 9.83. The van der Waals surface area contributed by atoms with Crippen LogP contribution in [-0.4, -0.2) is 21.0 Å². The smallest absolute Gasteiger partial charge is 0.128 e. The maximum absolute atomic E-state index is 4.76. The van der Waals surface area contributed by atoms with Gasteiger partial charge in [0.05, 0.1) is 23.7 Å². The third-order valence-electron chi connectivity index (χ3n) is 3.67. The molecule has 2 aromatic rings. The Morgan fingerprint density at radius 2 is 2.20 bits per heavy atom. The number of imidazole rings is 1. The van der Waals surface area contributed by atoms with Gasteiger partial charge in [-0.15, -0.1) is 0 Å². The van der Waals surface area contributed by atoms with Crippen LogP contribution < -0.4 is 0 Å². The summed E-state index contributed by atoms with van der Waals surface area (Å²) in [6, 6.07) is 9.05. The van der Waals surface area contributed by atoms with Crippen LogP contribution in [0.5, 0.6) is 0 Å². The van der Waals surface area contributed by atoms with Gasteiger partial charge in [-0.2, -0.15) is 0 Å². The predicted molar refractivity (Wildman–Crippen MR) is 58.4 cm³/mol. The number of para-hydroxylation sites is 2. The third kappa shape index (κ3) is 0.913. The molecule has 1 saturated heterocycles. The van der Waals surface area contributed by atoms with E-state index < -0.39 is 0 Å². The van der Waals surface area contributed by atoms with Crippen molar-refractivity contribution in [1.82, 2.24) is 14.5 Å². The minimum atomic E-state index is 0.595. The average Bonchev–Trinajstić information content (AvgIpc) is 2.87. The topological polar surface area (TPSA) is 21.1 Å². The van der Waals surface area contributed by atoms with E-state index in [-0.39, 0.29) is 0 Å². The molecule has 2 aliphatic rings. The van der Waals surface area contributed by atoms with E-state index in [0.717, 1.165) is 12.2 Å². The second kappa shape index (κ2) is 2.61. The molecule has 4 rings (SSSR count). The van der Waals surface area contributed by atoms with E-state index in [2.05, 4.69) is 33.7 Å². The normalized spacial score (nSPS) is 24.7. The van der Waals surface area contributed by atoms with Gasteiger partial charge >= 0.3 is 0 Å². The van der Waals surface area contributed by atoms with Crippen LogP contribution in [0.1, 0.15) is 24.7 Å². The van der Waals surface area contributed by atoms with Gasteiger partial charge in [-0.05, 0) is 25.0 Å². The van der Waals surface area contributed by atoms with Crippen LogP contribution in [0, 0.1) is 0 Å². The molecule has 1 atom stereocenters. The van der Waals surface area contributed by atoms with Crippen molar-refractivity contribution in [3.8, 4) is 0 Å². The van der Waals surface area contributed by atoms with Crippen LogP contribution >= 0.6 is 0 Å². The molecule has 2 aliphatic heterocycles. The summed E-state index contributed by atoms with van der Waals surface area (Å²) in [6.07, 6.45) is 2.61. The molecular weight excluding hydrogens is 186 g/mol. The lowest BCUT2D eigenvalue weighted by Gasteiger charge is -2.12. The Bertz CT molecular complexity index is 529. The van der Waals surface area contributed by atoms with Gasteiger partial charge in [-0.3, -0.25) is 4.90 Å². The SMILES string of the molecule is c1ccc2c(c1)nc1n2CN2CCC[C@@H]12. The molecular formula is C12H13N3. The number of rotatable bonds is 0. The van der Waals surface area contributed by atoms with Crippen molar-refractivity contribution in [2.75, 3.05) is 6.54 Å². The number of aromatic nitrogens is 2. The molecule has 15 heavy (non-hydrogen) atoms. The highest BCUT2D eigenvalue weighted by Crippen LogP contribution is 2.38. The fourth-order valence-corrected chi connectivity index (χ4v) is 2.97. The van der Waals surface area contributed by atoms with Gasteiger partial charge < -0.3 is 4.57 Å². The Labute approximate surface area is 88.3 Å². The number of hydrogen-bond donors (Lipinski definition) is 0. The van der Waals surface area contributed by atoms with Crippen molar-refractivity contribution in [3.05, 3.63) is 30.1 Å². The first-order valence-corrected chi connectivity index (χ1v) is 5.63. The molecule has 3 heteroatoms. The Morgan fingerprint density at radius 1 is 1.27 bits per heavy atom. The molecule has 0 radical (unpaired) electrons. The highest BCUT2D eigenvalue weighted by Gasteiger charge is 2.36. The summed E-state index contributed by atoms with van der Waals surface area (Å²) in [7, 11) is 0. The second-order valence-electron chi connectivity index (χ2n) is 4.50. The van der Waals surface area contributed by atoms with Crippen molar-refractivity contribution < 1.29 is 0 Å². The van der Waals surface area contributed by atoms with E-state index in [1.54, 1.807) is 0 Å². The van der Waals surface area contributed by atoms with Crippen LogP contribution in [0.4, 0.5) is 0 Å². The van der Waals surface area contributed by atoms with Crippen molar-refractivity contribution in [2.24, 2.45) is 0 Å². The lowest BCUT2D eigenvalue weighted by molar-refractivity contribution is 0.257. The van der Waals surface area contributed by atoms with Gasteiger partial charge in [-0.25, -0.2) is 4.98 Å². The summed E-state index contributed by atoms with van der Waals surface area (Å²) >= 11 is 0. The fourth-order valence-electron chi connectivity index (χ4n) is 2.97. The molecule has 1 fully saturated rings. The summed E-state index contributed by atoms with van der Waals surface area (Å²) in [5.41, 5.74) is 2.45. The van der Waals surface area contributed by atoms with Gasteiger partial charge in [0, 0.05) is 6.54 Å². The number of fused-ring (bicyclic) bond motifs is 5. The molecule has 1 aromatic carbocycles. The van der Waals surface area contributed by atoms with E-state index in [4.69, 9.17) is 4.98 Å². The van der Waals surface area contributed by atoms with Gasteiger partial charge in [0.1, 0.15) is 5.82 Å². The molecule has 0 amide bonds. The van der Waals surface area contributed by atoms with E-state index in [9.17, 15) is 0 Å². The van der Waals surface area contributed by atoms with Crippen molar-refractivity contribution >= 4 is 11.0 Å². The first-order valence-electron chi connectivity index (χ1n) is 5.63. The average molecular weight is 199 g/mol. The lowest BCUT2D eigenvalue weighted by Crippen LogP contribution is -2.16. The quantitative estimate of drug-likeness (QED) is 0.648. The largest absolute Gasteiger partial charge is 0.313 e. The monoisotopic (exact) mass is 199 g/mol. The third-order valence-corrected chi connectivity index (χ3v) is 3.67. The predicted octanol–water partition coefficient (Wildman–Crippen LogP) is 2.14. The van der Waals surface area contributed by atoms with Crippen LogP contribution in [-0.2, 0) is 6.67 Å². The summed E-state index contributed by atoms with van der Waals surface area (Å²) < 4.78 is 2.37. The van der Waals surface area contributed by atoms with E-state index >= 15 is 0 Å². The maximum atomic E-state index is 4.76. The molecule has 0 saturated carbocycles. The first-order chi connectivity index (χ1) is 7.43.